The zero-order valence-corrected chi connectivity index (χ0v) is 7.37. The zero-order chi connectivity index (χ0) is 8.81. The first-order chi connectivity index (χ1) is 5.83. The highest BCUT2D eigenvalue weighted by molar-refractivity contribution is 7.78. The predicted octanol–water partition coefficient (Wildman–Crippen LogP) is 0.818. The lowest BCUT2D eigenvalue weighted by molar-refractivity contribution is 0.102. The lowest BCUT2D eigenvalue weighted by Gasteiger charge is -2.09. The number of nitrogens with one attached hydrogen (secondary N) is 1. The highest BCUT2D eigenvalue weighted by atomic mass is 32.1. The van der Waals surface area contributed by atoms with Gasteiger partial charge in [-0.25, -0.2) is 4.72 Å². The van der Waals surface area contributed by atoms with Crippen LogP contribution in [-0.2, 0) is 0 Å². The van der Waals surface area contributed by atoms with E-state index in [1.165, 1.54) is 0 Å². The number of hydrogen-bond donors (Lipinski definition) is 3. The molecule has 1 atom stereocenters. The Morgan fingerprint density at radius 3 is 2.67 bits per heavy atom. The van der Waals surface area contributed by atoms with Crippen molar-refractivity contribution in [1.82, 2.24) is 4.72 Å². The van der Waals surface area contributed by atoms with Crippen molar-refractivity contribution < 1.29 is 9.84 Å². The van der Waals surface area contributed by atoms with Gasteiger partial charge in [-0.05, 0) is 12.1 Å². The lowest BCUT2D eigenvalue weighted by Crippen LogP contribution is -2.27. The van der Waals surface area contributed by atoms with E-state index in [1.807, 2.05) is 30.3 Å². The molecule has 0 amide bonds. The largest absolute Gasteiger partial charge is 0.489 e. The van der Waals surface area contributed by atoms with E-state index in [2.05, 4.69) is 17.5 Å². The van der Waals surface area contributed by atoms with E-state index in [9.17, 15) is 0 Å². The molecular formula is C8H11NO2S. The van der Waals surface area contributed by atoms with E-state index in [4.69, 9.17) is 9.84 Å². The Bertz CT molecular complexity index is 218. The van der Waals surface area contributed by atoms with Gasteiger partial charge in [-0.15, -0.1) is 0 Å². The predicted molar refractivity (Wildman–Crippen MR) is 50.1 cm³/mol. The van der Waals surface area contributed by atoms with Gasteiger partial charge in [0.25, 0.3) is 0 Å². The van der Waals surface area contributed by atoms with Crippen LogP contribution in [0.5, 0.6) is 5.75 Å². The van der Waals surface area contributed by atoms with Crippen molar-refractivity contribution in [2.24, 2.45) is 0 Å². The summed E-state index contributed by atoms with van der Waals surface area (Å²) in [4.78, 5) is 0. The number of aliphatic hydroxyl groups is 1. The molecule has 0 radical (unpaired) electrons. The van der Waals surface area contributed by atoms with E-state index in [1.54, 1.807) is 0 Å². The van der Waals surface area contributed by atoms with Crippen molar-refractivity contribution in [2.45, 2.75) is 6.23 Å². The van der Waals surface area contributed by atoms with E-state index in [-0.39, 0.29) is 6.61 Å². The van der Waals surface area contributed by atoms with Crippen molar-refractivity contribution >= 4 is 12.8 Å². The summed E-state index contributed by atoms with van der Waals surface area (Å²) in [6, 6.07) is 9.29. The topological polar surface area (TPSA) is 41.5 Å². The first-order valence-corrected chi connectivity index (χ1v) is 4.03. The molecule has 1 aromatic carbocycles. The maximum atomic E-state index is 9.01. The Hall–Kier alpha value is -0.710. The fraction of sp³-hybridized carbons (Fsp3) is 0.250. The number of rotatable bonds is 4. The van der Waals surface area contributed by atoms with Crippen molar-refractivity contribution in [3.8, 4) is 5.75 Å². The average Bonchev–Trinajstić information content (AvgIpc) is 2.16. The molecule has 4 heteroatoms. The molecule has 1 rings (SSSR count). The normalized spacial score (nSPS) is 12.5. The number of benzene rings is 1. The molecule has 0 saturated heterocycles. The Balaban J connectivity index is 2.33. The Morgan fingerprint density at radius 1 is 1.42 bits per heavy atom. The second-order valence-corrected chi connectivity index (χ2v) is 2.53. The number of thiol groups is 1. The molecule has 0 aliphatic heterocycles. The fourth-order valence-electron chi connectivity index (χ4n) is 0.729. The minimum atomic E-state index is -0.742. The molecule has 0 aromatic heterocycles. The molecule has 1 unspecified atom stereocenters. The summed E-state index contributed by atoms with van der Waals surface area (Å²) >= 11 is 3.68. The van der Waals surface area contributed by atoms with Gasteiger partial charge in [-0.2, -0.15) is 0 Å². The van der Waals surface area contributed by atoms with Gasteiger partial charge in [-0.3, -0.25) is 0 Å². The quantitative estimate of drug-likeness (QED) is 0.480. The minimum Gasteiger partial charge on any atom is -0.489 e. The monoisotopic (exact) mass is 185 g/mol. The molecule has 0 bridgehead atoms. The van der Waals surface area contributed by atoms with Crippen molar-refractivity contribution in [3.05, 3.63) is 30.3 Å². The molecule has 0 fully saturated rings. The summed E-state index contributed by atoms with van der Waals surface area (Å²) < 4.78 is 7.56. The van der Waals surface area contributed by atoms with Gasteiger partial charge in [-0.1, -0.05) is 31.0 Å². The maximum absolute atomic E-state index is 9.01. The molecule has 0 aliphatic carbocycles. The third-order valence-electron chi connectivity index (χ3n) is 1.30. The number of aliphatic hydroxyl groups excluding tert-OH is 1. The highest BCUT2D eigenvalue weighted by Gasteiger charge is 1.99. The van der Waals surface area contributed by atoms with Crippen molar-refractivity contribution in [2.75, 3.05) is 6.61 Å². The van der Waals surface area contributed by atoms with Gasteiger partial charge in [0.1, 0.15) is 18.6 Å². The van der Waals surface area contributed by atoms with Crippen molar-refractivity contribution in [1.29, 1.82) is 0 Å². The molecular weight excluding hydrogens is 174 g/mol. The standard InChI is InChI=1S/C8H11NO2S/c10-8(9-12)6-11-7-4-2-1-3-5-7/h1-5,8-10,12H,6H2. The van der Waals surface area contributed by atoms with E-state index in [0.717, 1.165) is 5.75 Å². The van der Waals surface area contributed by atoms with Crippen LogP contribution in [0.1, 0.15) is 0 Å². The molecule has 0 saturated carbocycles. The van der Waals surface area contributed by atoms with Gasteiger partial charge in [0.2, 0.25) is 0 Å². The second-order valence-electron chi connectivity index (χ2n) is 2.27. The van der Waals surface area contributed by atoms with Gasteiger partial charge in [0, 0.05) is 0 Å². The van der Waals surface area contributed by atoms with Gasteiger partial charge >= 0.3 is 0 Å². The molecule has 0 heterocycles. The van der Waals surface area contributed by atoms with E-state index >= 15 is 0 Å². The Labute approximate surface area is 76.9 Å². The van der Waals surface area contributed by atoms with Crippen molar-refractivity contribution in [3.63, 3.8) is 0 Å². The Kier molecular flexibility index (Phi) is 3.93. The molecule has 66 valence electrons. The SMILES string of the molecule is OC(COc1ccccc1)NS. The summed E-state index contributed by atoms with van der Waals surface area (Å²) in [5, 5.41) is 9.01. The summed E-state index contributed by atoms with van der Waals surface area (Å²) in [6.07, 6.45) is -0.742. The summed E-state index contributed by atoms with van der Waals surface area (Å²) in [7, 11) is 0. The number of para-hydroxylation sites is 1. The van der Waals surface area contributed by atoms with Crippen LogP contribution in [0.3, 0.4) is 0 Å². The van der Waals surface area contributed by atoms with E-state index < -0.39 is 6.23 Å². The van der Waals surface area contributed by atoms with Crippen LogP contribution < -0.4 is 9.46 Å². The second kappa shape index (κ2) is 5.03. The smallest absolute Gasteiger partial charge is 0.147 e. The maximum Gasteiger partial charge on any atom is 0.147 e. The first-order valence-electron chi connectivity index (χ1n) is 3.58. The van der Waals surface area contributed by atoms with Crippen LogP contribution in [0.4, 0.5) is 0 Å². The van der Waals surface area contributed by atoms with Crippen LogP contribution in [0.15, 0.2) is 30.3 Å². The van der Waals surface area contributed by atoms with Crippen LogP contribution in [0.2, 0.25) is 0 Å². The molecule has 0 spiro atoms. The number of ether oxygens (including phenoxy) is 1. The fourth-order valence-corrected chi connectivity index (χ4v) is 0.804. The van der Waals surface area contributed by atoms with E-state index in [0.29, 0.717) is 0 Å². The van der Waals surface area contributed by atoms with Gasteiger partial charge in [0.05, 0.1) is 0 Å². The third kappa shape index (κ3) is 3.13. The molecule has 2 N–H and O–H groups in total. The van der Waals surface area contributed by atoms with Gasteiger partial charge < -0.3 is 9.84 Å². The molecule has 12 heavy (non-hydrogen) atoms. The number of hydrogen-bond acceptors (Lipinski definition) is 4. The van der Waals surface area contributed by atoms with Crippen LogP contribution in [-0.4, -0.2) is 17.9 Å². The first kappa shape index (κ1) is 9.38. The Morgan fingerprint density at radius 2 is 2.08 bits per heavy atom. The lowest BCUT2D eigenvalue weighted by atomic mass is 10.3. The third-order valence-corrected chi connectivity index (χ3v) is 1.60. The summed E-state index contributed by atoms with van der Waals surface area (Å²) in [5.74, 6) is 0.736. The summed E-state index contributed by atoms with van der Waals surface area (Å²) in [5.41, 5.74) is 0. The summed E-state index contributed by atoms with van der Waals surface area (Å²) in [6.45, 7) is 0.188. The minimum absolute atomic E-state index is 0.188. The molecule has 0 aliphatic rings. The molecule has 3 nitrogen and oxygen atoms in total. The van der Waals surface area contributed by atoms with Crippen LogP contribution in [0.25, 0.3) is 0 Å². The van der Waals surface area contributed by atoms with Crippen LogP contribution in [0, 0.1) is 0 Å². The zero-order valence-electron chi connectivity index (χ0n) is 6.47. The average molecular weight is 185 g/mol. The molecule has 1 aromatic rings. The van der Waals surface area contributed by atoms with Gasteiger partial charge in [0.15, 0.2) is 0 Å². The highest BCUT2D eigenvalue weighted by Crippen LogP contribution is 2.07. The van der Waals surface area contributed by atoms with Crippen LogP contribution >= 0.6 is 12.8 Å².